The van der Waals surface area contributed by atoms with Crippen LogP contribution in [-0.4, -0.2) is 48.5 Å². The average molecular weight is 377 g/mol. The molecular formula is C18H23N3O4S. The number of nitrogens with zero attached hydrogens (tertiary/aromatic N) is 2. The van der Waals surface area contributed by atoms with Crippen LogP contribution in [0.2, 0.25) is 0 Å². The summed E-state index contributed by atoms with van der Waals surface area (Å²) in [6.07, 6.45) is 0.780. The predicted octanol–water partition coefficient (Wildman–Crippen LogP) is 1.91. The van der Waals surface area contributed by atoms with Gasteiger partial charge in [0.1, 0.15) is 5.71 Å². The molecule has 7 nitrogen and oxygen atoms in total. The highest BCUT2D eigenvalue weighted by atomic mass is 32.2. The van der Waals surface area contributed by atoms with Crippen molar-refractivity contribution in [3.63, 3.8) is 0 Å². The maximum absolute atomic E-state index is 12.6. The monoisotopic (exact) mass is 377 g/mol. The van der Waals surface area contributed by atoms with E-state index in [9.17, 15) is 18.0 Å². The molecule has 1 N–H and O–H groups in total. The molecule has 0 aliphatic carbocycles. The fourth-order valence-electron chi connectivity index (χ4n) is 3.30. The quantitative estimate of drug-likeness (QED) is 0.867. The van der Waals surface area contributed by atoms with Crippen LogP contribution in [0.4, 0.5) is 5.69 Å². The number of benzene rings is 1. The number of hydrogen-bond acceptors (Lipinski definition) is 5. The molecule has 140 valence electrons. The lowest BCUT2D eigenvalue weighted by Crippen LogP contribution is -2.42. The van der Waals surface area contributed by atoms with Gasteiger partial charge < -0.3 is 5.32 Å². The second-order valence-electron chi connectivity index (χ2n) is 7.04. The van der Waals surface area contributed by atoms with Crippen molar-refractivity contribution >= 4 is 33.1 Å². The van der Waals surface area contributed by atoms with Crippen LogP contribution in [0.3, 0.4) is 0 Å². The predicted molar refractivity (Wildman–Crippen MR) is 99.7 cm³/mol. The summed E-state index contributed by atoms with van der Waals surface area (Å²) in [6.45, 7) is 4.09. The summed E-state index contributed by atoms with van der Waals surface area (Å²) >= 11 is 0. The summed E-state index contributed by atoms with van der Waals surface area (Å²) in [7, 11) is -3.13. The third-order valence-electron chi connectivity index (χ3n) is 4.71. The first-order chi connectivity index (χ1) is 12.3. The third kappa shape index (κ3) is 3.95. The van der Waals surface area contributed by atoms with Crippen LogP contribution in [-0.2, 0) is 19.4 Å². The first-order valence-electron chi connectivity index (χ1n) is 8.77. The van der Waals surface area contributed by atoms with Gasteiger partial charge in [0.15, 0.2) is 9.84 Å². The number of rotatable bonds is 4. The number of para-hydroxylation sites is 1. The molecule has 1 aromatic rings. The summed E-state index contributed by atoms with van der Waals surface area (Å²) in [5.74, 6) is -0.364. The largest absolute Gasteiger partial charge is 0.321 e. The van der Waals surface area contributed by atoms with E-state index < -0.39 is 15.9 Å². The van der Waals surface area contributed by atoms with Gasteiger partial charge in [0, 0.05) is 18.5 Å². The van der Waals surface area contributed by atoms with E-state index in [2.05, 4.69) is 10.4 Å². The minimum absolute atomic E-state index is 0.0558. The van der Waals surface area contributed by atoms with Gasteiger partial charge in [-0.05, 0) is 24.0 Å². The minimum atomic E-state index is -3.13. The molecule has 0 spiro atoms. The Hall–Kier alpha value is -2.22. The molecule has 2 amide bonds. The van der Waals surface area contributed by atoms with E-state index in [4.69, 9.17) is 0 Å². The first-order valence-corrected chi connectivity index (χ1v) is 10.6. The molecule has 0 radical (unpaired) electrons. The van der Waals surface area contributed by atoms with Gasteiger partial charge in [-0.1, -0.05) is 32.0 Å². The number of anilines is 1. The molecule has 2 heterocycles. The van der Waals surface area contributed by atoms with Gasteiger partial charge in [0.05, 0.1) is 17.5 Å². The Kier molecular flexibility index (Phi) is 5.13. The van der Waals surface area contributed by atoms with Gasteiger partial charge in [-0.2, -0.15) is 5.10 Å². The molecule has 0 aromatic heterocycles. The van der Waals surface area contributed by atoms with Gasteiger partial charge in [0.25, 0.3) is 5.91 Å². The van der Waals surface area contributed by atoms with E-state index in [1.54, 1.807) is 0 Å². The first kappa shape index (κ1) is 18.6. The lowest BCUT2D eigenvalue weighted by atomic mass is 10.0. The molecule has 8 heteroatoms. The standard InChI is InChI=1S/C18H23N3O4S/c1-12(2)14-5-3-4-6-15(14)19-18(23)16-7-8-17(22)21(20-16)13-9-10-26(24,25)11-13/h3-6,12-13H,7-11H2,1-2H3,(H,19,23). The van der Waals surface area contributed by atoms with Crippen LogP contribution >= 0.6 is 0 Å². The number of sulfone groups is 1. The molecule has 1 saturated heterocycles. The Morgan fingerprint density at radius 3 is 2.65 bits per heavy atom. The van der Waals surface area contributed by atoms with Crippen molar-refractivity contribution in [1.29, 1.82) is 0 Å². The maximum atomic E-state index is 12.6. The zero-order valence-electron chi connectivity index (χ0n) is 14.9. The Labute approximate surface area is 153 Å². The number of amides is 2. The number of hydrogen-bond donors (Lipinski definition) is 1. The summed E-state index contributed by atoms with van der Waals surface area (Å²) < 4.78 is 23.4. The smallest absolute Gasteiger partial charge is 0.271 e. The van der Waals surface area contributed by atoms with Crippen molar-refractivity contribution in [1.82, 2.24) is 5.01 Å². The molecule has 3 rings (SSSR count). The van der Waals surface area contributed by atoms with Gasteiger partial charge in [-0.3, -0.25) is 9.59 Å². The molecule has 1 unspecified atom stereocenters. The molecule has 2 aliphatic rings. The number of carbonyl (C=O) groups excluding carboxylic acids is 2. The fraction of sp³-hybridized carbons (Fsp3) is 0.500. The number of carbonyl (C=O) groups is 2. The third-order valence-corrected chi connectivity index (χ3v) is 6.46. The second kappa shape index (κ2) is 7.19. The summed E-state index contributed by atoms with van der Waals surface area (Å²) in [5, 5.41) is 8.29. The van der Waals surface area contributed by atoms with E-state index in [0.29, 0.717) is 6.42 Å². The van der Waals surface area contributed by atoms with E-state index in [-0.39, 0.29) is 47.8 Å². The van der Waals surface area contributed by atoms with Crippen molar-refractivity contribution in [2.24, 2.45) is 5.10 Å². The number of hydrazone groups is 1. The zero-order valence-corrected chi connectivity index (χ0v) is 15.8. The van der Waals surface area contributed by atoms with Crippen molar-refractivity contribution in [2.45, 2.75) is 45.1 Å². The van der Waals surface area contributed by atoms with E-state index in [1.807, 2.05) is 38.1 Å². The molecule has 1 fully saturated rings. The molecule has 0 bridgehead atoms. The summed E-state index contributed by atoms with van der Waals surface area (Å²) in [6, 6.07) is 7.09. The van der Waals surface area contributed by atoms with Gasteiger partial charge in [-0.25, -0.2) is 13.4 Å². The van der Waals surface area contributed by atoms with Crippen molar-refractivity contribution in [3.05, 3.63) is 29.8 Å². The molecule has 2 aliphatic heterocycles. The van der Waals surface area contributed by atoms with Crippen LogP contribution in [0.1, 0.15) is 44.6 Å². The SMILES string of the molecule is CC(C)c1ccccc1NC(=O)C1=NN(C2CCS(=O)(=O)C2)C(=O)CC1. The van der Waals surface area contributed by atoms with Crippen molar-refractivity contribution in [2.75, 3.05) is 16.8 Å². The highest BCUT2D eigenvalue weighted by Gasteiger charge is 2.37. The van der Waals surface area contributed by atoms with Gasteiger partial charge in [0.2, 0.25) is 5.91 Å². The Balaban J connectivity index is 1.79. The van der Waals surface area contributed by atoms with Crippen molar-refractivity contribution < 1.29 is 18.0 Å². The van der Waals surface area contributed by atoms with E-state index in [1.165, 1.54) is 5.01 Å². The Bertz CT molecular complexity index is 861. The Morgan fingerprint density at radius 1 is 1.27 bits per heavy atom. The summed E-state index contributed by atoms with van der Waals surface area (Å²) in [4.78, 5) is 24.8. The van der Waals surface area contributed by atoms with Crippen LogP contribution in [0.15, 0.2) is 29.4 Å². The fourth-order valence-corrected chi connectivity index (χ4v) is 4.99. The normalized spacial score (nSPS) is 22.4. The van der Waals surface area contributed by atoms with Crippen LogP contribution in [0, 0.1) is 0 Å². The molecule has 0 saturated carbocycles. The van der Waals surface area contributed by atoms with Gasteiger partial charge >= 0.3 is 0 Å². The molecule has 1 aromatic carbocycles. The van der Waals surface area contributed by atoms with Crippen LogP contribution < -0.4 is 5.32 Å². The lowest BCUT2D eigenvalue weighted by Gasteiger charge is -2.27. The second-order valence-corrected chi connectivity index (χ2v) is 9.27. The Morgan fingerprint density at radius 2 is 2.00 bits per heavy atom. The van der Waals surface area contributed by atoms with E-state index in [0.717, 1.165) is 11.3 Å². The maximum Gasteiger partial charge on any atom is 0.271 e. The van der Waals surface area contributed by atoms with Crippen LogP contribution in [0.5, 0.6) is 0 Å². The van der Waals surface area contributed by atoms with Crippen molar-refractivity contribution in [3.8, 4) is 0 Å². The minimum Gasteiger partial charge on any atom is -0.321 e. The number of nitrogens with one attached hydrogen (secondary N) is 1. The molecule has 26 heavy (non-hydrogen) atoms. The highest BCUT2D eigenvalue weighted by molar-refractivity contribution is 7.91. The molecular weight excluding hydrogens is 354 g/mol. The average Bonchev–Trinajstić information content (AvgIpc) is 2.95. The zero-order chi connectivity index (χ0) is 18.9. The topological polar surface area (TPSA) is 95.9 Å². The highest BCUT2D eigenvalue weighted by Crippen LogP contribution is 2.25. The lowest BCUT2D eigenvalue weighted by molar-refractivity contribution is -0.133. The van der Waals surface area contributed by atoms with E-state index >= 15 is 0 Å². The van der Waals surface area contributed by atoms with Crippen LogP contribution in [0.25, 0.3) is 0 Å². The summed E-state index contributed by atoms with van der Waals surface area (Å²) in [5.41, 5.74) is 2.00. The molecule has 1 atom stereocenters. The van der Waals surface area contributed by atoms with Gasteiger partial charge in [-0.15, -0.1) is 0 Å².